The summed E-state index contributed by atoms with van der Waals surface area (Å²) in [7, 11) is 0. The van der Waals surface area contributed by atoms with E-state index < -0.39 is 0 Å². The van der Waals surface area contributed by atoms with Crippen molar-refractivity contribution in [1.82, 2.24) is 5.32 Å². The van der Waals surface area contributed by atoms with Gasteiger partial charge in [-0.05, 0) is 62.2 Å². The van der Waals surface area contributed by atoms with E-state index in [-0.39, 0.29) is 18.6 Å². The van der Waals surface area contributed by atoms with Crippen LogP contribution in [0.3, 0.4) is 0 Å². The van der Waals surface area contributed by atoms with Gasteiger partial charge in [0.2, 0.25) is 5.91 Å². The predicted molar refractivity (Wildman–Crippen MR) is 104 cm³/mol. The summed E-state index contributed by atoms with van der Waals surface area (Å²) in [4.78, 5) is 11.9. The molecule has 1 amide bonds. The summed E-state index contributed by atoms with van der Waals surface area (Å²) in [6, 6.07) is 12.9. The van der Waals surface area contributed by atoms with Gasteiger partial charge in [-0.15, -0.1) is 0 Å². The van der Waals surface area contributed by atoms with Crippen molar-refractivity contribution in [2.24, 2.45) is 0 Å². The highest BCUT2D eigenvalue weighted by Gasteiger charge is 2.04. The first-order valence-corrected chi connectivity index (χ1v) is 8.91. The largest absolute Gasteiger partial charge is 0.491 e. The summed E-state index contributed by atoms with van der Waals surface area (Å²) in [6.07, 6.45) is 0.793. The molecule has 0 unspecified atom stereocenters. The lowest BCUT2D eigenvalue weighted by Crippen LogP contribution is -2.31. The van der Waals surface area contributed by atoms with Crippen molar-refractivity contribution >= 4 is 34.8 Å². The van der Waals surface area contributed by atoms with Gasteiger partial charge in [-0.25, -0.2) is 0 Å². The average molecular weight is 381 g/mol. The minimum Gasteiger partial charge on any atom is -0.491 e. The Kier molecular flexibility index (Phi) is 7.41. The fraction of sp³-hybridized carbons (Fsp3) is 0.316. The lowest BCUT2D eigenvalue weighted by atomic mass is 10.1. The fourth-order valence-corrected chi connectivity index (χ4v) is 2.73. The summed E-state index contributed by atoms with van der Waals surface area (Å²) in [6.45, 7) is 4.68. The lowest BCUT2D eigenvalue weighted by molar-refractivity contribution is -0.119. The molecular formula is C19H22Cl2N2O2. The van der Waals surface area contributed by atoms with Gasteiger partial charge in [-0.1, -0.05) is 29.3 Å². The highest BCUT2D eigenvalue weighted by Crippen LogP contribution is 2.21. The first kappa shape index (κ1) is 19.4. The van der Waals surface area contributed by atoms with Crippen LogP contribution in [0.2, 0.25) is 10.0 Å². The molecule has 0 fully saturated rings. The van der Waals surface area contributed by atoms with Crippen molar-refractivity contribution in [3.63, 3.8) is 0 Å². The van der Waals surface area contributed by atoms with Gasteiger partial charge >= 0.3 is 0 Å². The highest BCUT2D eigenvalue weighted by molar-refractivity contribution is 6.35. The molecule has 25 heavy (non-hydrogen) atoms. The summed E-state index contributed by atoms with van der Waals surface area (Å²) >= 11 is 12.0. The third kappa shape index (κ3) is 6.85. The van der Waals surface area contributed by atoms with Gasteiger partial charge in [0, 0.05) is 22.3 Å². The fourth-order valence-electron chi connectivity index (χ4n) is 2.23. The lowest BCUT2D eigenvalue weighted by Gasteiger charge is -2.11. The van der Waals surface area contributed by atoms with E-state index in [1.54, 1.807) is 12.1 Å². The average Bonchev–Trinajstić information content (AvgIpc) is 2.56. The van der Waals surface area contributed by atoms with Crippen molar-refractivity contribution in [3.05, 3.63) is 58.1 Å². The highest BCUT2D eigenvalue weighted by atomic mass is 35.5. The Hall–Kier alpha value is -1.91. The zero-order valence-corrected chi connectivity index (χ0v) is 15.8. The Morgan fingerprint density at radius 1 is 1.12 bits per heavy atom. The number of anilines is 1. The van der Waals surface area contributed by atoms with E-state index in [9.17, 15) is 4.79 Å². The van der Waals surface area contributed by atoms with Crippen molar-refractivity contribution in [2.75, 3.05) is 18.4 Å². The molecule has 0 aliphatic heterocycles. The second-order valence-electron chi connectivity index (χ2n) is 5.88. The van der Waals surface area contributed by atoms with Gasteiger partial charge in [0.1, 0.15) is 5.75 Å². The minimum absolute atomic E-state index is 0.0763. The molecule has 6 heteroatoms. The van der Waals surface area contributed by atoms with Crippen LogP contribution in [0.1, 0.15) is 19.4 Å². The molecule has 134 valence electrons. The normalized spacial score (nSPS) is 10.6. The molecular weight excluding hydrogens is 359 g/mol. The zero-order valence-electron chi connectivity index (χ0n) is 14.3. The number of ether oxygens (including phenoxy) is 1. The topological polar surface area (TPSA) is 50.4 Å². The predicted octanol–water partition coefficient (Wildman–Crippen LogP) is 4.55. The van der Waals surface area contributed by atoms with Crippen molar-refractivity contribution in [1.29, 1.82) is 0 Å². The van der Waals surface area contributed by atoms with E-state index in [0.717, 1.165) is 17.0 Å². The Morgan fingerprint density at radius 2 is 1.84 bits per heavy atom. The Morgan fingerprint density at radius 3 is 2.48 bits per heavy atom. The number of benzene rings is 2. The van der Waals surface area contributed by atoms with E-state index in [1.165, 1.54) is 0 Å². The quantitative estimate of drug-likeness (QED) is 0.705. The Balaban J connectivity index is 1.71. The number of hydrogen-bond acceptors (Lipinski definition) is 3. The summed E-state index contributed by atoms with van der Waals surface area (Å²) in [5, 5.41) is 7.16. The Labute approximate surface area is 158 Å². The first-order valence-electron chi connectivity index (χ1n) is 8.15. The maximum absolute atomic E-state index is 11.9. The number of hydrogen-bond donors (Lipinski definition) is 2. The molecule has 0 spiro atoms. The molecule has 2 aromatic rings. The monoisotopic (exact) mass is 380 g/mol. The first-order chi connectivity index (χ1) is 11.9. The van der Waals surface area contributed by atoms with Crippen LogP contribution in [0.4, 0.5) is 5.69 Å². The van der Waals surface area contributed by atoms with Crippen molar-refractivity contribution in [3.8, 4) is 5.75 Å². The molecule has 0 heterocycles. The van der Waals surface area contributed by atoms with E-state index in [0.29, 0.717) is 23.0 Å². The van der Waals surface area contributed by atoms with Gasteiger partial charge in [0.15, 0.2) is 0 Å². The van der Waals surface area contributed by atoms with Crippen LogP contribution in [0.15, 0.2) is 42.5 Å². The number of halogens is 2. The van der Waals surface area contributed by atoms with Crippen LogP contribution in [0.25, 0.3) is 0 Å². The van der Waals surface area contributed by atoms with Gasteiger partial charge in [0.25, 0.3) is 0 Å². The van der Waals surface area contributed by atoms with Crippen LogP contribution in [-0.4, -0.2) is 25.1 Å². The van der Waals surface area contributed by atoms with Crippen LogP contribution in [0.5, 0.6) is 5.75 Å². The molecule has 0 atom stereocenters. The second-order valence-corrected chi connectivity index (χ2v) is 6.72. The van der Waals surface area contributed by atoms with Crippen LogP contribution < -0.4 is 15.4 Å². The maximum atomic E-state index is 11.9. The van der Waals surface area contributed by atoms with Crippen LogP contribution >= 0.6 is 23.2 Å². The molecule has 0 saturated carbocycles. The SMILES string of the molecule is CC(C)Oc1ccc(NCC(=O)NCCc2ccc(Cl)cc2Cl)cc1. The van der Waals surface area contributed by atoms with Crippen molar-refractivity contribution < 1.29 is 9.53 Å². The number of carbonyl (C=O) groups excluding carboxylic acids is 1. The third-order valence-electron chi connectivity index (χ3n) is 3.41. The van der Waals surface area contributed by atoms with Gasteiger partial charge < -0.3 is 15.4 Å². The van der Waals surface area contributed by atoms with Gasteiger partial charge in [-0.2, -0.15) is 0 Å². The molecule has 2 N–H and O–H groups in total. The summed E-state index contributed by atoms with van der Waals surface area (Å²) in [5.74, 6) is 0.734. The number of amides is 1. The maximum Gasteiger partial charge on any atom is 0.239 e. The molecule has 0 aliphatic carbocycles. The third-order valence-corrected chi connectivity index (χ3v) is 4.00. The minimum atomic E-state index is -0.0763. The zero-order chi connectivity index (χ0) is 18.2. The molecule has 4 nitrogen and oxygen atoms in total. The smallest absolute Gasteiger partial charge is 0.239 e. The molecule has 0 radical (unpaired) electrons. The number of nitrogens with one attached hydrogen (secondary N) is 2. The number of rotatable bonds is 8. The molecule has 2 rings (SSSR count). The summed E-state index contributed by atoms with van der Waals surface area (Å²) in [5.41, 5.74) is 1.83. The van der Waals surface area contributed by atoms with Gasteiger partial charge in [0.05, 0.1) is 12.6 Å². The molecule has 0 aliphatic rings. The second kappa shape index (κ2) is 9.54. The van der Waals surface area contributed by atoms with E-state index >= 15 is 0 Å². The Bertz CT molecular complexity index is 703. The molecule has 0 bridgehead atoms. The van der Waals surface area contributed by atoms with Crippen molar-refractivity contribution in [2.45, 2.75) is 26.4 Å². The number of carbonyl (C=O) groups is 1. The van der Waals surface area contributed by atoms with Crippen LogP contribution in [-0.2, 0) is 11.2 Å². The van der Waals surface area contributed by atoms with E-state index in [1.807, 2.05) is 44.2 Å². The molecule has 0 saturated heterocycles. The van der Waals surface area contributed by atoms with E-state index in [2.05, 4.69) is 10.6 Å². The van der Waals surface area contributed by atoms with E-state index in [4.69, 9.17) is 27.9 Å². The molecule has 2 aromatic carbocycles. The molecule has 0 aromatic heterocycles. The van der Waals surface area contributed by atoms with Crippen LogP contribution in [0, 0.1) is 0 Å². The standard InChI is InChI=1S/C19H22Cl2N2O2/c1-13(2)25-17-7-5-16(6-8-17)23-12-19(24)22-10-9-14-3-4-15(20)11-18(14)21/h3-8,11,13,23H,9-10,12H2,1-2H3,(H,22,24). The van der Waals surface area contributed by atoms with Gasteiger partial charge in [-0.3, -0.25) is 4.79 Å². The summed E-state index contributed by atoms with van der Waals surface area (Å²) < 4.78 is 5.58.